The van der Waals surface area contributed by atoms with Crippen LogP contribution < -0.4 is 5.84 Å². The normalized spacial score (nSPS) is 12.1. The maximum absolute atomic E-state index is 12.0. The number of rotatable bonds is 3. The topological polar surface area (TPSA) is 109 Å². The number of amides is 1. The molecule has 0 aliphatic rings. The van der Waals surface area contributed by atoms with Crippen LogP contribution >= 0.6 is 0 Å². The smallest absolute Gasteiger partial charge is 0.327 e. The van der Waals surface area contributed by atoms with E-state index >= 15 is 0 Å². The highest BCUT2D eigenvalue weighted by molar-refractivity contribution is 5.95. The van der Waals surface area contributed by atoms with Crippen molar-refractivity contribution in [3.63, 3.8) is 0 Å². The van der Waals surface area contributed by atoms with Gasteiger partial charge in [0.05, 0.1) is 17.2 Å². The van der Waals surface area contributed by atoms with E-state index in [0.29, 0.717) is 16.0 Å². The van der Waals surface area contributed by atoms with Crippen LogP contribution in [-0.4, -0.2) is 38.0 Å². The lowest BCUT2D eigenvalue weighted by atomic mass is 10.2. The molecule has 0 spiro atoms. The van der Waals surface area contributed by atoms with Gasteiger partial charge in [-0.25, -0.2) is 15.6 Å². The second-order valence-corrected chi connectivity index (χ2v) is 3.97. The molecule has 0 radical (unpaired) electrons. The number of aromatic nitrogens is 2. The van der Waals surface area contributed by atoms with Crippen LogP contribution in [0.4, 0.5) is 0 Å². The molecular formula is C12H12N4O3. The predicted molar refractivity (Wildman–Crippen MR) is 67.0 cm³/mol. The minimum absolute atomic E-state index is 0.00861. The zero-order valence-electron chi connectivity index (χ0n) is 10.1. The number of carboxylic acid groups (broad SMARTS) is 1. The Balaban J connectivity index is 2.33. The standard InChI is InChI=1S/C12H12N4O3/c1-7(12(18)19)16(13)11(17)10-6-14-8-4-2-3-5-9(8)15-10/h2-7H,13H2,1H3,(H,18,19). The molecule has 1 aromatic carbocycles. The van der Waals surface area contributed by atoms with Crippen LogP contribution in [0.25, 0.3) is 11.0 Å². The predicted octanol–water partition coefficient (Wildman–Crippen LogP) is 0.419. The summed E-state index contributed by atoms with van der Waals surface area (Å²) >= 11 is 0. The van der Waals surface area contributed by atoms with Crippen LogP contribution in [0.5, 0.6) is 0 Å². The largest absolute Gasteiger partial charge is 0.480 e. The Bertz CT molecular complexity index is 644. The number of hydrazine groups is 1. The first kappa shape index (κ1) is 12.9. The molecule has 0 fully saturated rings. The fourth-order valence-electron chi connectivity index (χ4n) is 1.49. The number of hydrogen-bond acceptors (Lipinski definition) is 5. The van der Waals surface area contributed by atoms with E-state index in [1.54, 1.807) is 24.3 Å². The summed E-state index contributed by atoms with van der Waals surface area (Å²) in [6.07, 6.45) is 1.28. The van der Waals surface area contributed by atoms with Gasteiger partial charge in [-0.2, -0.15) is 0 Å². The Hall–Kier alpha value is -2.54. The van der Waals surface area contributed by atoms with Gasteiger partial charge in [-0.05, 0) is 19.1 Å². The van der Waals surface area contributed by atoms with E-state index in [1.807, 2.05) is 0 Å². The van der Waals surface area contributed by atoms with Gasteiger partial charge < -0.3 is 5.11 Å². The van der Waals surface area contributed by atoms with Gasteiger partial charge >= 0.3 is 5.97 Å². The van der Waals surface area contributed by atoms with E-state index in [2.05, 4.69) is 9.97 Å². The molecule has 1 amide bonds. The molecule has 2 aromatic rings. The molecule has 1 atom stereocenters. The summed E-state index contributed by atoms with van der Waals surface area (Å²) in [5, 5.41) is 9.44. The molecule has 1 aromatic heterocycles. The molecule has 0 bridgehead atoms. The maximum atomic E-state index is 12.0. The number of carboxylic acids is 1. The zero-order chi connectivity index (χ0) is 14.0. The van der Waals surface area contributed by atoms with E-state index in [-0.39, 0.29) is 5.69 Å². The third kappa shape index (κ3) is 2.50. The van der Waals surface area contributed by atoms with Crippen LogP contribution in [-0.2, 0) is 4.79 Å². The highest BCUT2D eigenvalue weighted by Gasteiger charge is 2.24. The Morgan fingerprint density at radius 1 is 1.32 bits per heavy atom. The van der Waals surface area contributed by atoms with Gasteiger partial charge in [0.15, 0.2) is 0 Å². The highest BCUT2D eigenvalue weighted by atomic mass is 16.4. The number of fused-ring (bicyclic) bond motifs is 1. The molecule has 0 aliphatic carbocycles. The molecular weight excluding hydrogens is 248 g/mol. The summed E-state index contributed by atoms with van der Waals surface area (Å²) in [6, 6.07) is 5.91. The number of carbonyl (C=O) groups excluding carboxylic acids is 1. The van der Waals surface area contributed by atoms with Crippen molar-refractivity contribution in [1.29, 1.82) is 0 Å². The van der Waals surface area contributed by atoms with Crippen LogP contribution in [0.15, 0.2) is 30.5 Å². The van der Waals surface area contributed by atoms with Crippen molar-refractivity contribution in [2.75, 3.05) is 0 Å². The molecule has 2 rings (SSSR count). The molecule has 7 heteroatoms. The van der Waals surface area contributed by atoms with Crippen molar-refractivity contribution in [2.45, 2.75) is 13.0 Å². The van der Waals surface area contributed by atoms with Crippen LogP contribution in [0, 0.1) is 0 Å². The SMILES string of the molecule is CC(C(=O)O)N(N)C(=O)c1cnc2ccccc2n1. The quantitative estimate of drug-likeness (QED) is 0.470. The number of aliphatic carboxylic acids is 1. The average molecular weight is 260 g/mol. The molecule has 1 heterocycles. The van der Waals surface area contributed by atoms with Gasteiger partial charge in [-0.15, -0.1) is 0 Å². The van der Waals surface area contributed by atoms with Gasteiger partial charge in [0.2, 0.25) is 0 Å². The fourth-order valence-corrected chi connectivity index (χ4v) is 1.49. The lowest BCUT2D eigenvalue weighted by Gasteiger charge is -2.20. The zero-order valence-corrected chi connectivity index (χ0v) is 10.1. The first-order valence-corrected chi connectivity index (χ1v) is 5.53. The first-order valence-electron chi connectivity index (χ1n) is 5.53. The summed E-state index contributed by atoms with van der Waals surface area (Å²) in [6.45, 7) is 1.31. The second kappa shape index (κ2) is 4.99. The molecule has 0 saturated heterocycles. The summed E-state index contributed by atoms with van der Waals surface area (Å²) in [5.41, 5.74) is 1.20. The number of para-hydroxylation sites is 2. The second-order valence-electron chi connectivity index (χ2n) is 3.97. The summed E-state index contributed by atoms with van der Waals surface area (Å²) < 4.78 is 0. The molecule has 3 N–H and O–H groups in total. The van der Waals surface area contributed by atoms with Crippen LogP contribution in [0.1, 0.15) is 17.4 Å². The summed E-state index contributed by atoms with van der Waals surface area (Å²) in [7, 11) is 0. The summed E-state index contributed by atoms with van der Waals surface area (Å²) in [4.78, 5) is 30.9. The number of carbonyl (C=O) groups is 2. The van der Waals surface area contributed by atoms with Crippen molar-refractivity contribution < 1.29 is 14.7 Å². The fraction of sp³-hybridized carbons (Fsp3) is 0.167. The van der Waals surface area contributed by atoms with E-state index in [4.69, 9.17) is 10.9 Å². The lowest BCUT2D eigenvalue weighted by molar-refractivity contribution is -0.141. The minimum atomic E-state index is -1.19. The lowest BCUT2D eigenvalue weighted by Crippen LogP contribution is -2.48. The van der Waals surface area contributed by atoms with Gasteiger partial charge in [0, 0.05) is 0 Å². The number of nitrogens with two attached hydrogens (primary N) is 1. The molecule has 7 nitrogen and oxygen atoms in total. The van der Waals surface area contributed by atoms with Gasteiger partial charge in [-0.3, -0.25) is 14.8 Å². The number of nitrogens with zero attached hydrogens (tertiary/aromatic N) is 3. The Labute approximate surface area is 108 Å². The van der Waals surface area contributed by atoms with Gasteiger partial charge in [0.25, 0.3) is 5.91 Å². The third-order valence-corrected chi connectivity index (χ3v) is 2.68. The Kier molecular flexibility index (Phi) is 3.39. The Morgan fingerprint density at radius 2 is 1.95 bits per heavy atom. The van der Waals surface area contributed by atoms with E-state index < -0.39 is 17.9 Å². The third-order valence-electron chi connectivity index (χ3n) is 2.68. The molecule has 0 saturated carbocycles. The first-order chi connectivity index (χ1) is 9.00. The van der Waals surface area contributed by atoms with Crippen LogP contribution in [0.3, 0.4) is 0 Å². The molecule has 19 heavy (non-hydrogen) atoms. The average Bonchev–Trinajstić information content (AvgIpc) is 2.44. The van der Waals surface area contributed by atoms with E-state index in [0.717, 1.165) is 0 Å². The number of hydrogen-bond donors (Lipinski definition) is 2. The Morgan fingerprint density at radius 3 is 2.58 bits per heavy atom. The minimum Gasteiger partial charge on any atom is -0.480 e. The summed E-state index contributed by atoms with van der Waals surface area (Å²) in [5.74, 6) is 3.60. The molecule has 0 aliphatic heterocycles. The van der Waals surface area contributed by atoms with E-state index in [1.165, 1.54) is 13.1 Å². The van der Waals surface area contributed by atoms with Crippen molar-refractivity contribution in [3.8, 4) is 0 Å². The highest BCUT2D eigenvalue weighted by Crippen LogP contribution is 2.10. The van der Waals surface area contributed by atoms with Crippen molar-refractivity contribution >= 4 is 22.9 Å². The number of benzene rings is 1. The van der Waals surface area contributed by atoms with Crippen molar-refractivity contribution in [3.05, 3.63) is 36.2 Å². The van der Waals surface area contributed by atoms with Crippen molar-refractivity contribution in [2.24, 2.45) is 5.84 Å². The maximum Gasteiger partial charge on any atom is 0.327 e. The monoisotopic (exact) mass is 260 g/mol. The van der Waals surface area contributed by atoms with Gasteiger partial charge in [0.1, 0.15) is 11.7 Å². The molecule has 1 unspecified atom stereocenters. The molecule has 98 valence electrons. The van der Waals surface area contributed by atoms with Crippen molar-refractivity contribution in [1.82, 2.24) is 15.0 Å². The van der Waals surface area contributed by atoms with E-state index in [9.17, 15) is 9.59 Å². The van der Waals surface area contributed by atoms with Gasteiger partial charge in [-0.1, -0.05) is 12.1 Å². The van der Waals surface area contributed by atoms with Crippen LogP contribution in [0.2, 0.25) is 0 Å².